The zero-order chi connectivity index (χ0) is 11.2. The molecule has 4 unspecified atom stereocenters. The van der Waals surface area contributed by atoms with Crippen LogP contribution >= 0.6 is 0 Å². The summed E-state index contributed by atoms with van der Waals surface area (Å²) >= 11 is 0. The Morgan fingerprint density at radius 1 is 0.765 bits per heavy atom. The largest absolute Gasteiger partial charge is 0.282 e. The molecule has 4 aliphatic rings. The van der Waals surface area contributed by atoms with Gasteiger partial charge < -0.3 is 0 Å². The van der Waals surface area contributed by atoms with E-state index in [2.05, 4.69) is 0 Å². The summed E-state index contributed by atoms with van der Waals surface area (Å²) in [4.78, 5) is 10.2. The first-order chi connectivity index (χ1) is 8.42. The third-order valence-corrected chi connectivity index (χ3v) is 5.42. The highest BCUT2D eigenvalue weighted by Gasteiger charge is 2.42. The normalized spacial score (nSPS) is 44.2. The average Bonchev–Trinajstić information content (AvgIpc) is 2.83. The van der Waals surface area contributed by atoms with Gasteiger partial charge in [0.15, 0.2) is 0 Å². The first kappa shape index (κ1) is 10.3. The monoisotopic (exact) mass is 230 g/mol. The van der Waals surface area contributed by atoms with Crippen molar-refractivity contribution in [2.75, 3.05) is 0 Å². The average molecular weight is 230 g/mol. The molecule has 0 spiro atoms. The van der Waals surface area contributed by atoms with Crippen molar-refractivity contribution in [3.63, 3.8) is 0 Å². The Hall–Kier alpha value is -0.660. The molecule has 4 atom stereocenters. The van der Waals surface area contributed by atoms with Crippen LogP contribution in [0, 0.1) is 11.8 Å². The molecule has 0 bridgehead atoms. The highest BCUT2D eigenvalue weighted by atomic mass is 15.0. The van der Waals surface area contributed by atoms with Crippen LogP contribution in [0.3, 0.4) is 0 Å². The fraction of sp³-hybridized carbons (Fsp3) is 0.867. The Morgan fingerprint density at radius 2 is 1.59 bits per heavy atom. The minimum absolute atomic E-state index is 0.561. The predicted molar refractivity (Wildman–Crippen MR) is 71.0 cm³/mol. The second-order valence-electron chi connectivity index (χ2n) is 6.35. The van der Waals surface area contributed by atoms with Crippen molar-refractivity contribution < 1.29 is 0 Å². The molecule has 0 radical (unpaired) electrons. The van der Waals surface area contributed by atoms with Crippen molar-refractivity contribution in [2.45, 2.75) is 69.9 Å². The van der Waals surface area contributed by atoms with Crippen molar-refractivity contribution in [3.8, 4) is 0 Å². The second kappa shape index (κ2) is 3.93. The number of hydrogen-bond acceptors (Lipinski definition) is 2. The van der Waals surface area contributed by atoms with E-state index < -0.39 is 0 Å². The zero-order valence-electron chi connectivity index (χ0n) is 10.6. The van der Waals surface area contributed by atoms with E-state index in [-0.39, 0.29) is 0 Å². The molecule has 0 saturated heterocycles. The molecule has 2 nitrogen and oxygen atoms in total. The summed E-state index contributed by atoms with van der Waals surface area (Å²) in [6.45, 7) is 0. The minimum atomic E-state index is 0.561. The van der Waals surface area contributed by atoms with Crippen LogP contribution in [0.1, 0.15) is 57.8 Å². The minimum Gasteiger partial charge on any atom is -0.282 e. The Morgan fingerprint density at radius 3 is 2.53 bits per heavy atom. The third-order valence-electron chi connectivity index (χ3n) is 5.42. The molecule has 0 aromatic heterocycles. The van der Waals surface area contributed by atoms with E-state index in [9.17, 15) is 0 Å². The third kappa shape index (κ3) is 1.60. The Labute approximate surface area is 104 Å². The highest BCUT2D eigenvalue weighted by molar-refractivity contribution is 6.44. The van der Waals surface area contributed by atoms with Crippen molar-refractivity contribution in [3.05, 3.63) is 0 Å². The van der Waals surface area contributed by atoms with E-state index in [0.29, 0.717) is 12.1 Å². The summed E-state index contributed by atoms with van der Waals surface area (Å²) in [5.74, 6) is 1.86. The number of fused-ring (bicyclic) bond motifs is 4. The van der Waals surface area contributed by atoms with Crippen LogP contribution < -0.4 is 0 Å². The van der Waals surface area contributed by atoms with Gasteiger partial charge in [0, 0.05) is 0 Å². The van der Waals surface area contributed by atoms with Crippen LogP contribution in [0.4, 0.5) is 0 Å². The van der Waals surface area contributed by atoms with Gasteiger partial charge in [-0.2, -0.15) is 0 Å². The van der Waals surface area contributed by atoms with E-state index in [4.69, 9.17) is 9.98 Å². The summed E-state index contributed by atoms with van der Waals surface area (Å²) in [5, 5.41) is 0. The van der Waals surface area contributed by atoms with Crippen molar-refractivity contribution in [1.82, 2.24) is 0 Å². The predicted octanol–water partition coefficient (Wildman–Crippen LogP) is 3.40. The van der Waals surface area contributed by atoms with E-state index in [1.807, 2.05) is 0 Å². The molecule has 0 aromatic rings. The van der Waals surface area contributed by atoms with Gasteiger partial charge in [-0.05, 0) is 50.4 Å². The lowest BCUT2D eigenvalue weighted by molar-refractivity contribution is 0.132. The fourth-order valence-corrected chi connectivity index (χ4v) is 4.58. The van der Waals surface area contributed by atoms with Crippen LogP contribution in [0.25, 0.3) is 0 Å². The van der Waals surface area contributed by atoms with Gasteiger partial charge >= 0.3 is 0 Å². The Kier molecular flexibility index (Phi) is 2.38. The summed E-state index contributed by atoms with van der Waals surface area (Å²) in [6.07, 6.45) is 12.2. The Balaban J connectivity index is 1.65. The zero-order valence-corrected chi connectivity index (χ0v) is 10.6. The summed E-state index contributed by atoms with van der Waals surface area (Å²) < 4.78 is 0. The number of hydrogen-bond donors (Lipinski definition) is 0. The summed E-state index contributed by atoms with van der Waals surface area (Å²) in [7, 11) is 0. The van der Waals surface area contributed by atoms with Crippen molar-refractivity contribution >= 4 is 11.4 Å². The highest BCUT2D eigenvalue weighted by Crippen LogP contribution is 2.44. The van der Waals surface area contributed by atoms with Crippen LogP contribution in [-0.4, -0.2) is 23.5 Å². The van der Waals surface area contributed by atoms with Crippen LogP contribution in [0.2, 0.25) is 0 Å². The number of nitrogens with zero attached hydrogens (tertiary/aromatic N) is 2. The summed E-state index contributed by atoms with van der Waals surface area (Å²) in [5.41, 5.74) is 2.76. The first-order valence-electron chi connectivity index (χ1n) is 7.55. The molecular weight excluding hydrogens is 208 g/mol. The molecule has 0 N–H and O–H groups in total. The van der Waals surface area contributed by atoms with Crippen LogP contribution in [-0.2, 0) is 0 Å². The van der Waals surface area contributed by atoms with E-state index in [1.165, 1.54) is 69.2 Å². The quantitative estimate of drug-likeness (QED) is 0.609. The van der Waals surface area contributed by atoms with Crippen molar-refractivity contribution in [1.29, 1.82) is 0 Å². The van der Waals surface area contributed by atoms with Gasteiger partial charge in [0.2, 0.25) is 0 Å². The van der Waals surface area contributed by atoms with Crippen molar-refractivity contribution in [2.24, 2.45) is 21.8 Å². The Bertz CT molecular complexity index is 382. The molecule has 1 aliphatic heterocycles. The molecule has 0 amide bonds. The van der Waals surface area contributed by atoms with Gasteiger partial charge in [0.25, 0.3) is 0 Å². The topological polar surface area (TPSA) is 24.7 Å². The molecule has 3 saturated carbocycles. The molecule has 2 heteroatoms. The fourth-order valence-electron chi connectivity index (χ4n) is 4.58. The SMILES string of the molecule is C1CC2=NC3CCC4CCCCC4C3N=C2C1. The van der Waals surface area contributed by atoms with Gasteiger partial charge in [-0.25, -0.2) is 0 Å². The molecular formula is C15H22N2. The van der Waals surface area contributed by atoms with Gasteiger partial charge in [0.05, 0.1) is 23.5 Å². The lowest BCUT2D eigenvalue weighted by Gasteiger charge is -2.44. The second-order valence-corrected chi connectivity index (χ2v) is 6.35. The lowest BCUT2D eigenvalue weighted by atomic mass is 9.66. The van der Waals surface area contributed by atoms with E-state index in [1.54, 1.807) is 0 Å². The van der Waals surface area contributed by atoms with Gasteiger partial charge in [-0.1, -0.05) is 19.3 Å². The van der Waals surface area contributed by atoms with E-state index in [0.717, 1.165) is 11.8 Å². The number of aliphatic imine (C=N–C) groups is 2. The molecule has 0 aromatic carbocycles. The maximum Gasteiger partial charge on any atom is 0.0757 e. The molecule has 92 valence electrons. The van der Waals surface area contributed by atoms with Crippen LogP contribution in [0.5, 0.6) is 0 Å². The summed E-state index contributed by atoms with van der Waals surface area (Å²) in [6, 6.07) is 1.14. The standard InChI is InChI=1S/C15H22N2/c1-2-5-11-10(4-1)8-9-14-15(11)17-13-7-3-6-12(13)16-14/h10-11,14-15H,1-9H2. The smallest absolute Gasteiger partial charge is 0.0757 e. The number of rotatable bonds is 0. The van der Waals surface area contributed by atoms with E-state index >= 15 is 0 Å². The van der Waals surface area contributed by atoms with Gasteiger partial charge in [-0.15, -0.1) is 0 Å². The first-order valence-corrected chi connectivity index (χ1v) is 7.55. The maximum atomic E-state index is 5.14. The molecule has 3 fully saturated rings. The molecule has 4 rings (SSSR count). The lowest BCUT2D eigenvalue weighted by Crippen LogP contribution is -2.45. The molecule has 17 heavy (non-hydrogen) atoms. The maximum absolute atomic E-state index is 5.14. The van der Waals surface area contributed by atoms with Gasteiger partial charge in [-0.3, -0.25) is 9.98 Å². The molecule has 1 heterocycles. The van der Waals surface area contributed by atoms with Crippen LogP contribution in [0.15, 0.2) is 9.98 Å². The molecule has 3 aliphatic carbocycles. The van der Waals surface area contributed by atoms with Gasteiger partial charge in [0.1, 0.15) is 0 Å².